The van der Waals surface area contributed by atoms with Gasteiger partial charge >= 0.3 is 5.97 Å². The van der Waals surface area contributed by atoms with Crippen molar-refractivity contribution in [3.63, 3.8) is 0 Å². The Morgan fingerprint density at radius 3 is 2.54 bits per heavy atom. The van der Waals surface area contributed by atoms with Gasteiger partial charge in [0.25, 0.3) is 0 Å². The second-order valence-corrected chi connectivity index (χ2v) is 3.51. The van der Waals surface area contributed by atoms with Crippen molar-refractivity contribution >= 4 is 24.4 Å². The maximum atomic E-state index is 11.2. The molecule has 0 aliphatic rings. The van der Waals surface area contributed by atoms with Gasteiger partial charge in [-0.15, -0.1) is 0 Å². The highest BCUT2D eigenvalue weighted by Crippen LogP contribution is 2.07. The van der Waals surface area contributed by atoms with Crippen LogP contribution in [0, 0.1) is 0 Å². The van der Waals surface area contributed by atoms with Gasteiger partial charge in [-0.2, -0.15) is 12.6 Å². The van der Waals surface area contributed by atoms with Crippen molar-refractivity contribution in [2.45, 2.75) is 37.9 Å². The van der Waals surface area contributed by atoms with Gasteiger partial charge in [-0.3, -0.25) is 9.59 Å². The number of unbranched alkanes of at least 4 members (excludes halogenated alkanes) is 1. The van der Waals surface area contributed by atoms with Crippen molar-refractivity contribution in [3.8, 4) is 0 Å². The predicted octanol–water partition coefficient (Wildman–Crippen LogP) is 1.61. The van der Waals surface area contributed by atoms with Crippen molar-refractivity contribution in [1.29, 1.82) is 0 Å². The highest BCUT2D eigenvalue weighted by molar-refractivity contribution is 7.81. The highest BCUT2D eigenvalue weighted by Gasteiger charge is 2.17. The van der Waals surface area contributed by atoms with Crippen LogP contribution in [0.5, 0.6) is 0 Å². The minimum absolute atomic E-state index is 0.0762. The van der Waals surface area contributed by atoms with Crippen molar-refractivity contribution in [2.24, 2.45) is 0 Å². The van der Waals surface area contributed by atoms with E-state index in [4.69, 9.17) is 0 Å². The summed E-state index contributed by atoms with van der Waals surface area (Å²) in [7, 11) is 1.29. The van der Waals surface area contributed by atoms with E-state index in [2.05, 4.69) is 17.4 Å². The van der Waals surface area contributed by atoms with Gasteiger partial charge in [0, 0.05) is 12.8 Å². The van der Waals surface area contributed by atoms with E-state index < -0.39 is 11.2 Å². The van der Waals surface area contributed by atoms with Gasteiger partial charge in [-0.05, 0) is 6.42 Å². The van der Waals surface area contributed by atoms with E-state index in [1.807, 2.05) is 6.92 Å². The zero-order valence-corrected chi connectivity index (χ0v) is 8.97. The minimum Gasteiger partial charge on any atom is -0.468 e. The predicted molar refractivity (Wildman–Crippen MR) is 53.9 cm³/mol. The van der Waals surface area contributed by atoms with Crippen LogP contribution >= 0.6 is 12.6 Å². The molecule has 0 aromatic carbocycles. The third-order valence-corrected chi connectivity index (χ3v) is 2.10. The molecule has 4 heteroatoms. The summed E-state index contributed by atoms with van der Waals surface area (Å²) in [4.78, 5) is 22.0. The average molecular weight is 204 g/mol. The summed E-state index contributed by atoms with van der Waals surface area (Å²) >= 11 is 3.97. The summed E-state index contributed by atoms with van der Waals surface area (Å²) in [5.74, 6) is -0.361. The van der Waals surface area contributed by atoms with Crippen LogP contribution in [-0.2, 0) is 14.3 Å². The Bertz CT molecular complexity index is 180. The van der Waals surface area contributed by atoms with Crippen LogP contribution < -0.4 is 0 Å². The molecule has 13 heavy (non-hydrogen) atoms. The van der Waals surface area contributed by atoms with Gasteiger partial charge in [0.2, 0.25) is 0 Å². The number of esters is 1. The summed E-state index contributed by atoms with van der Waals surface area (Å²) in [6.45, 7) is 2.02. The molecule has 0 aliphatic heterocycles. The first-order valence-corrected chi connectivity index (χ1v) is 4.91. The van der Waals surface area contributed by atoms with E-state index >= 15 is 0 Å². The zero-order valence-electron chi connectivity index (χ0n) is 8.08. The third-order valence-electron chi connectivity index (χ3n) is 1.70. The molecule has 3 nitrogen and oxygen atoms in total. The number of carbonyl (C=O) groups excluding carboxylic acids is 2. The fourth-order valence-electron chi connectivity index (χ4n) is 0.911. The fourth-order valence-corrected chi connectivity index (χ4v) is 1.22. The molecular formula is C9H16O3S. The molecule has 0 heterocycles. The van der Waals surface area contributed by atoms with E-state index in [1.54, 1.807) is 0 Å². The van der Waals surface area contributed by atoms with Crippen LogP contribution in [0.15, 0.2) is 0 Å². The Morgan fingerprint density at radius 2 is 2.08 bits per heavy atom. The second-order valence-electron chi connectivity index (χ2n) is 2.89. The smallest absolute Gasteiger partial charge is 0.318 e. The topological polar surface area (TPSA) is 43.4 Å². The highest BCUT2D eigenvalue weighted by atomic mass is 32.1. The van der Waals surface area contributed by atoms with Crippen LogP contribution in [-0.4, -0.2) is 24.1 Å². The second kappa shape index (κ2) is 6.95. The summed E-state index contributed by atoms with van der Waals surface area (Å²) in [5, 5.41) is -0.602. The molecule has 1 unspecified atom stereocenters. The SMILES string of the molecule is CCCCC(=O)CC(S)C(=O)OC. The number of methoxy groups -OCH3 is 1. The van der Waals surface area contributed by atoms with Gasteiger partial charge in [0.05, 0.1) is 7.11 Å². The number of ether oxygens (including phenoxy) is 1. The summed E-state index contributed by atoms with van der Waals surface area (Å²) in [6.07, 6.45) is 2.57. The Kier molecular flexibility index (Phi) is 6.68. The lowest BCUT2D eigenvalue weighted by molar-refractivity contribution is -0.141. The van der Waals surface area contributed by atoms with Crippen molar-refractivity contribution in [1.82, 2.24) is 0 Å². The third kappa shape index (κ3) is 5.69. The zero-order chi connectivity index (χ0) is 10.3. The molecule has 0 fully saturated rings. The average Bonchev–Trinajstić information content (AvgIpc) is 2.13. The van der Waals surface area contributed by atoms with E-state index in [9.17, 15) is 9.59 Å². The number of hydrogen-bond donors (Lipinski definition) is 1. The number of Topliss-reactive ketones (excluding diaryl/α,β-unsaturated/α-hetero) is 1. The summed E-state index contributed by atoms with van der Waals surface area (Å²) in [6, 6.07) is 0. The number of ketones is 1. The largest absolute Gasteiger partial charge is 0.468 e. The minimum atomic E-state index is -0.602. The van der Waals surface area contributed by atoms with Gasteiger partial charge in [-0.1, -0.05) is 13.3 Å². The molecule has 76 valence electrons. The number of thiol groups is 1. The summed E-state index contributed by atoms with van der Waals surface area (Å²) < 4.78 is 4.45. The molecule has 0 aromatic heterocycles. The van der Waals surface area contributed by atoms with Crippen molar-refractivity contribution in [3.05, 3.63) is 0 Å². The first-order valence-electron chi connectivity index (χ1n) is 4.39. The van der Waals surface area contributed by atoms with Gasteiger partial charge < -0.3 is 4.74 Å². The number of rotatable bonds is 6. The molecule has 0 rings (SSSR count). The maximum absolute atomic E-state index is 11.2. The monoisotopic (exact) mass is 204 g/mol. The summed E-state index contributed by atoms with van der Waals surface area (Å²) in [5.41, 5.74) is 0. The molecule has 1 atom stereocenters. The molecule has 0 aliphatic carbocycles. The first kappa shape index (κ1) is 12.5. The van der Waals surface area contributed by atoms with Crippen LogP contribution in [0.1, 0.15) is 32.6 Å². The normalized spacial score (nSPS) is 12.2. The Morgan fingerprint density at radius 1 is 1.46 bits per heavy atom. The fraction of sp³-hybridized carbons (Fsp3) is 0.778. The van der Waals surface area contributed by atoms with Crippen LogP contribution in [0.25, 0.3) is 0 Å². The van der Waals surface area contributed by atoms with Crippen LogP contribution in [0.4, 0.5) is 0 Å². The molecule has 0 radical (unpaired) electrons. The lowest BCUT2D eigenvalue weighted by atomic mass is 10.1. The van der Waals surface area contributed by atoms with Gasteiger partial charge in [0.15, 0.2) is 0 Å². The maximum Gasteiger partial charge on any atom is 0.318 e. The Balaban J connectivity index is 3.71. The molecule has 0 saturated carbocycles. The molecule has 0 aromatic rings. The quantitative estimate of drug-likeness (QED) is 0.528. The molecule has 0 bridgehead atoms. The lowest BCUT2D eigenvalue weighted by Crippen LogP contribution is -2.19. The Hall–Kier alpha value is -0.510. The van der Waals surface area contributed by atoms with Crippen molar-refractivity contribution in [2.75, 3.05) is 7.11 Å². The first-order chi connectivity index (χ1) is 6.11. The number of carbonyl (C=O) groups is 2. The standard InChI is InChI=1S/C9H16O3S/c1-3-4-5-7(10)6-8(13)9(11)12-2/h8,13H,3-6H2,1-2H3. The molecule has 0 N–H and O–H groups in total. The van der Waals surface area contributed by atoms with Crippen LogP contribution in [0.2, 0.25) is 0 Å². The molecule has 0 saturated heterocycles. The van der Waals surface area contributed by atoms with E-state index in [0.717, 1.165) is 12.8 Å². The van der Waals surface area contributed by atoms with Gasteiger partial charge in [0.1, 0.15) is 11.0 Å². The van der Waals surface area contributed by atoms with Gasteiger partial charge in [-0.25, -0.2) is 0 Å². The van der Waals surface area contributed by atoms with Crippen LogP contribution in [0.3, 0.4) is 0 Å². The van der Waals surface area contributed by atoms with E-state index in [-0.39, 0.29) is 12.2 Å². The van der Waals surface area contributed by atoms with E-state index in [0.29, 0.717) is 6.42 Å². The van der Waals surface area contributed by atoms with E-state index in [1.165, 1.54) is 7.11 Å². The molecule has 0 amide bonds. The van der Waals surface area contributed by atoms with Crippen molar-refractivity contribution < 1.29 is 14.3 Å². The molecule has 0 spiro atoms. The molecular weight excluding hydrogens is 188 g/mol. The lowest BCUT2D eigenvalue weighted by Gasteiger charge is -2.06. The number of hydrogen-bond acceptors (Lipinski definition) is 4. The Labute approximate surface area is 84.3 Å².